The Morgan fingerprint density at radius 2 is 2.20 bits per heavy atom. The molecule has 1 aromatic carbocycles. The van der Waals surface area contributed by atoms with Crippen LogP contribution in [0.5, 0.6) is 5.75 Å². The molecule has 7 heteroatoms. The summed E-state index contributed by atoms with van der Waals surface area (Å²) in [5.41, 5.74) is 4.72. The summed E-state index contributed by atoms with van der Waals surface area (Å²) >= 11 is 5.84. The van der Waals surface area contributed by atoms with Gasteiger partial charge < -0.3 is 20.5 Å². The molecule has 1 amide bonds. The molecular weight excluding hydrogens is 284 g/mol. The van der Waals surface area contributed by atoms with Gasteiger partial charge in [0.25, 0.3) is 5.91 Å². The molecule has 1 fully saturated rings. The number of aliphatic carboxylic acids is 1. The average molecular weight is 299 g/mol. The highest BCUT2D eigenvalue weighted by atomic mass is 35.5. The predicted octanol–water partition coefficient (Wildman–Crippen LogP) is 0.977. The number of rotatable bonds is 3. The smallest absolute Gasteiger partial charge is 0.325 e. The van der Waals surface area contributed by atoms with Crippen LogP contribution in [0, 0.1) is 0 Å². The van der Waals surface area contributed by atoms with Crippen molar-refractivity contribution in [3.05, 3.63) is 28.8 Å². The summed E-state index contributed by atoms with van der Waals surface area (Å²) in [6, 6.07) is 4.68. The zero-order chi connectivity index (χ0) is 14.9. The van der Waals surface area contributed by atoms with Gasteiger partial charge in [-0.3, -0.25) is 9.59 Å². The first-order valence-corrected chi connectivity index (χ1v) is 6.40. The lowest BCUT2D eigenvalue weighted by molar-refractivity contribution is -0.142. The van der Waals surface area contributed by atoms with E-state index >= 15 is 0 Å². The van der Waals surface area contributed by atoms with Crippen LogP contribution in [0.3, 0.4) is 0 Å². The number of hydrogen-bond acceptors (Lipinski definition) is 4. The molecule has 20 heavy (non-hydrogen) atoms. The minimum atomic E-state index is -1.38. The van der Waals surface area contributed by atoms with E-state index in [1.165, 1.54) is 18.1 Å². The normalized spacial score (nSPS) is 21.9. The van der Waals surface area contributed by atoms with E-state index in [2.05, 4.69) is 0 Å². The van der Waals surface area contributed by atoms with Gasteiger partial charge in [-0.25, -0.2) is 0 Å². The van der Waals surface area contributed by atoms with Crippen LogP contribution < -0.4 is 10.5 Å². The van der Waals surface area contributed by atoms with Gasteiger partial charge in [0.1, 0.15) is 11.3 Å². The second-order valence-electron chi connectivity index (χ2n) is 4.78. The number of carbonyl (C=O) groups is 2. The number of carboxylic acids is 1. The fourth-order valence-electron chi connectivity index (χ4n) is 2.19. The lowest BCUT2D eigenvalue weighted by atomic mass is 10.0. The molecule has 6 nitrogen and oxygen atoms in total. The van der Waals surface area contributed by atoms with E-state index in [1.807, 2.05) is 0 Å². The molecule has 1 aliphatic heterocycles. The van der Waals surface area contributed by atoms with E-state index in [-0.39, 0.29) is 18.9 Å². The fourth-order valence-corrected chi connectivity index (χ4v) is 2.36. The SMILES string of the molecule is COc1cc(Cl)ccc1C(=O)N1CCC(N)(C(=O)O)C1. The molecule has 0 bridgehead atoms. The van der Waals surface area contributed by atoms with Gasteiger partial charge in [0.15, 0.2) is 0 Å². The van der Waals surface area contributed by atoms with Gasteiger partial charge in [-0.1, -0.05) is 11.6 Å². The van der Waals surface area contributed by atoms with Crippen LogP contribution in [0.2, 0.25) is 5.02 Å². The monoisotopic (exact) mass is 298 g/mol. The first-order valence-electron chi connectivity index (χ1n) is 6.02. The van der Waals surface area contributed by atoms with Crippen LogP contribution in [-0.2, 0) is 4.79 Å². The number of likely N-dealkylation sites (tertiary alicyclic amines) is 1. The van der Waals surface area contributed by atoms with Crippen LogP contribution in [0.4, 0.5) is 0 Å². The summed E-state index contributed by atoms with van der Waals surface area (Å²) in [6.45, 7) is 0.278. The molecule has 1 atom stereocenters. The van der Waals surface area contributed by atoms with E-state index < -0.39 is 11.5 Å². The number of ether oxygens (including phenoxy) is 1. The minimum Gasteiger partial charge on any atom is -0.496 e. The lowest BCUT2D eigenvalue weighted by Crippen LogP contribution is -2.50. The van der Waals surface area contributed by atoms with Gasteiger partial charge >= 0.3 is 5.97 Å². The molecule has 108 valence electrons. The second kappa shape index (κ2) is 5.30. The number of amides is 1. The summed E-state index contributed by atoms with van der Waals surface area (Å²) < 4.78 is 5.13. The molecule has 1 aliphatic rings. The third-order valence-electron chi connectivity index (χ3n) is 3.41. The number of halogens is 1. The zero-order valence-corrected chi connectivity index (χ0v) is 11.7. The van der Waals surface area contributed by atoms with E-state index in [4.69, 9.17) is 27.2 Å². The number of hydrogen-bond donors (Lipinski definition) is 2. The van der Waals surface area contributed by atoms with Gasteiger partial charge in [0.05, 0.1) is 12.7 Å². The Labute approximate surface area is 121 Å². The number of carbonyl (C=O) groups excluding carboxylic acids is 1. The van der Waals surface area contributed by atoms with Crippen molar-refractivity contribution in [3.63, 3.8) is 0 Å². The van der Waals surface area contributed by atoms with Crippen molar-refractivity contribution in [1.29, 1.82) is 0 Å². The Kier molecular flexibility index (Phi) is 3.87. The minimum absolute atomic E-state index is 0.0209. The van der Waals surface area contributed by atoms with Crippen molar-refractivity contribution in [3.8, 4) is 5.75 Å². The molecule has 3 N–H and O–H groups in total. The Hall–Kier alpha value is -1.79. The molecule has 0 aromatic heterocycles. The maximum absolute atomic E-state index is 12.4. The fraction of sp³-hybridized carbons (Fsp3) is 0.385. The summed E-state index contributed by atoms with van der Waals surface area (Å²) in [4.78, 5) is 24.9. The molecule has 1 heterocycles. The van der Waals surface area contributed by atoms with E-state index in [0.717, 1.165) is 0 Å². The highest BCUT2D eigenvalue weighted by molar-refractivity contribution is 6.30. The maximum Gasteiger partial charge on any atom is 0.325 e. The van der Waals surface area contributed by atoms with Crippen LogP contribution in [0.25, 0.3) is 0 Å². The molecular formula is C13H15ClN2O4. The summed E-state index contributed by atoms with van der Waals surface area (Å²) in [6.07, 6.45) is 0.226. The maximum atomic E-state index is 12.4. The molecule has 1 aromatic rings. The van der Waals surface area contributed by atoms with Crippen molar-refractivity contribution >= 4 is 23.5 Å². The van der Waals surface area contributed by atoms with Crippen molar-refractivity contribution < 1.29 is 19.4 Å². The third kappa shape index (κ3) is 2.57. The Morgan fingerprint density at radius 3 is 2.75 bits per heavy atom. The van der Waals surface area contributed by atoms with Crippen LogP contribution >= 0.6 is 11.6 Å². The summed E-state index contributed by atoms with van der Waals surface area (Å²) in [5.74, 6) is -1.06. The van der Waals surface area contributed by atoms with Crippen molar-refractivity contribution in [1.82, 2.24) is 4.90 Å². The molecule has 2 rings (SSSR count). The molecule has 0 aliphatic carbocycles. The van der Waals surface area contributed by atoms with Crippen molar-refractivity contribution in [2.75, 3.05) is 20.2 Å². The molecule has 1 unspecified atom stereocenters. The van der Waals surface area contributed by atoms with Crippen molar-refractivity contribution in [2.24, 2.45) is 5.73 Å². The Balaban J connectivity index is 2.23. The van der Waals surface area contributed by atoms with E-state index in [0.29, 0.717) is 22.9 Å². The summed E-state index contributed by atoms with van der Waals surface area (Å²) in [5, 5.41) is 9.53. The van der Waals surface area contributed by atoms with Crippen LogP contribution in [0.1, 0.15) is 16.8 Å². The van der Waals surface area contributed by atoms with Gasteiger partial charge in [0.2, 0.25) is 0 Å². The molecule has 0 spiro atoms. The highest BCUT2D eigenvalue weighted by Gasteiger charge is 2.43. The number of carboxylic acid groups (broad SMARTS) is 1. The van der Waals surface area contributed by atoms with Gasteiger partial charge in [0, 0.05) is 18.1 Å². The van der Waals surface area contributed by atoms with Gasteiger partial charge in [-0.05, 0) is 24.6 Å². The van der Waals surface area contributed by atoms with Gasteiger partial charge in [-0.15, -0.1) is 0 Å². The lowest BCUT2D eigenvalue weighted by Gasteiger charge is -2.21. The predicted molar refractivity (Wildman–Crippen MR) is 73.1 cm³/mol. The molecule has 1 saturated heterocycles. The number of nitrogens with zero attached hydrogens (tertiary/aromatic N) is 1. The number of nitrogens with two attached hydrogens (primary N) is 1. The highest BCUT2D eigenvalue weighted by Crippen LogP contribution is 2.27. The Bertz CT molecular complexity index is 563. The third-order valence-corrected chi connectivity index (χ3v) is 3.64. The molecule has 0 saturated carbocycles. The van der Waals surface area contributed by atoms with E-state index in [9.17, 15) is 9.59 Å². The van der Waals surface area contributed by atoms with E-state index in [1.54, 1.807) is 12.1 Å². The molecule has 0 radical (unpaired) electrons. The standard InChI is InChI=1S/C13H15ClN2O4/c1-20-10-6-8(14)2-3-9(10)11(17)16-5-4-13(15,7-16)12(18)19/h2-3,6H,4-5,7,15H2,1H3,(H,18,19). The zero-order valence-electron chi connectivity index (χ0n) is 10.9. The van der Waals surface area contributed by atoms with Crippen LogP contribution in [-0.4, -0.2) is 47.6 Å². The average Bonchev–Trinajstić information content (AvgIpc) is 2.82. The first kappa shape index (κ1) is 14.6. The van der Waals surface area contributed by atoms with Gasteiger partial charge in [-0.2, -0.15) is 0 Å². The number of methoxy groups -OCH3 is 1. The quantitative estimate of drug-likeness (QED) is 0.867. The number of benzene rings is 1. The largest absolute Gasteiger partial charge is 0.496 e. The summed E-state index contributed by atoms with van der Waals surface area (Å²) in [7, 11) is 1.44. The Morgan fingerprint density at radius 1 is 1.50 bits per heavy atom. The second-order valence-corrected chi connectivity index (χ2v) is 5.22. The first-order chi connectivity index (χ1) is 9.37. The topological polar surface area (TPSA) is 92.9 Å². The van der Waals surface area contributed by atoms with Crippen molar-refractivity contribution in [2.45, 2.75) is 12.0 Å². The van der Waals surface area contributed by atoms with Crippen LogP contribution in [0.15, 0.2) is 18.2 Å².